The molecule has 2 heterocycles. The summed E-state index contributed by atoms with van der Waals surface area (Å²) in [6.45, 7) is 0. The summed E-state index contributed by atoms with van der Waals surface area (Å²) in [6, 6.07) is 37.7. The molecule has 0 atom stereocenters. The third-order valence-electron chi connectivity index (χ3n) is 6.05. The fourth-order valence-electron chi connectivity index (χ4n) is 4.43. The van der Waals surface area contributed by atoms with Gasteiger partial charge in [0.25, 0.3) is 0 Å². The van der Waals surface area contributed by atoms with Crippen LogP contribution in [0.5, 0.6) is 0 Å². The van der Waals surface area contributed by atoms with E-state index in [1.807, 2.05) is 48.5 Å². The van der Waals surface area contributed by atoms with Gasteiger partial charge >= 0.3 is 0 Å². The summed E-state index contributed by atoms with van der Waals surface area (Å²) in [5, 5.41) is 8.14. The zero-order valence-corrected chi connectivity index (χ0v) is 18.4. The standard InChI is InChI=1S/C16H10.2C7H6N2/c1-3-11-7-9-13-5-2-6-14-10-8-12(4-1)15(11)16(13)14;2*1-2-4-7-6(3-1)8-5-9-7/h1-10H;2*1-5H,(H,8,9). The van der Waals surface area contributed by atoms with Crippen molar-refractivity contribution < 1.29 is 0 Å². The molecule has 0 radical (unpaired) electrons. The number of para-hydroxylation sites is 4. The van der Waals surface area contributed by atoms with E-state index in [0.717, 1.165) is 22.1 Å². The lowest BCUT2D eigenvalue weighted by atomic mass is 9.95. The fourth-order valence-corrected chi connectivity index (χ4v) is 4.43. The van der Waals surface area contributed by atoms with Crippen molar-refractivity contribution in [2.75, 3.05) is 0 Å². The molecule has 0 fully saturated rings. The first-order valence-electron chi connectivity index (χ1n) is 11.3. The minimum Gasteiger partial charge on any atom is -0.345 e. The fraction of sp³-hybridized carbons (Fsp3) is 0. The molecule has 0 spiro atoms. The number of rotatable bonds is 0. The molecule has 0 saturated carbocycles. The van der Waals surface area contributed by atoms with Gasteiger partial charge in [0.15, 0.2) is 0 Å². The van der Waals surface area contributed by atoms with Crippen molar-refractivity contribution in [2.45, 2.75) is 0 Å². The minimum atomic E-state index is 1.03. The first-order valence-corrected chi connectivity index (χ1v) is 11.3. The maximum absolute atomic E-state index is 4.06. The Morgan fingerprint density at radius 3 is 1.15 bits per heavy atom. The molecule has 0 aliphatic carbocycles. The molecule has 0 amide bonds. The molecule has 34 heavy (non-hydrogen) atoms. The van der Waals surface area contributed by atoms with Gasteiger partial charge in [-0.3, -0.25) is 0 Å². The average molecular weight is 439 g/mol. The zero-order valence-electron chi connectivity index (χ0n) is 18.4. The Hall–Kier alpha value is -4.70. The third-order valence-corrected chi connectivity index (χ3v) is 6.05. The first kappa shape index (κ1) is 19.9. The average Bonchev–Trinajstić information content (AvgIpc) is 3.58. The van der Waals surface area contributed by atoms with Crippen LogP contribution in [-0.4, -0.2) is 19.9 Å². The first-order chi connectivity index (χ1) is 16.9. The van der Waals surface area contributed by atoms with Crippen LogP contribution in [-0.2, 0) is 0 Å². The second-order valence-corrected chi connectivity index (χ2v) is 8.13. The molecule has 6 aromatic carbocycles. The van der Waals surface area contributed by atoms with E-state index in [2.05, 4.69) is 80.6 Å². The van der Waals surface area contributed by atoms with Crippen LogP contribution in [0, 0.1) is 0 Å². The molecule has 0 saturated heterocycles. The minimum absolute atomic E-state index is 1.03. The molecule has 0 aliphatic heterocycles. The zero-order chi connectivity index (χ0) is 22.7. The number of aromatic amines is 2. The Bertz CT molecular complexity index is 1570. The van der Waals surface area contributed by atoms with Crippen molar-refractivity contribution in [3.63, 3.8) is 0 Å². The van der Waals surface area contributed by atoms with Gasteiger partial charge in [0, 0.05) is 0 Å². The molecule has 4 nitrogen and oxygen atoms in total. The summed E-state index contributed by atoms with van der Waals surface area (Å²) < 4.78 is 0. The molecular formula is C30H22N4. The van der Waals surface area contributed by atoms with Gasteiger partial charge in [0.1, 0.15) is 0 Å². The summed E-state index contributed by atoms with van der Waals surface area (Å²) in [7, 11) is 0. The Morgan fingerprint density at radius 2 is 0.765 bits per heavy atom. The lowest BCUT2D eigenvalue weighted by Gasteiger charge is -2.09. The van der Waals surface area contributed by atoms with E-state index in [1.54, 1.807) is 12.7 Å². The smallest absolute Gasteiger partial charge is 0.0931 e. The number of hydrogen-bond acceptors (Lipinski definition) is 2. The van der Waals surface area contributed by atoms with Gasteiger partial charge in [-0.05, 0) is 56.6 Å². The summed E-state index contributed by atoms with van der Waals surface area (Å²) in [4.78, 5) is 14.1. The lowest BCUT2D eigenvalue weighted by Crippen LogP contribution is -1.82. The number of nitrogens with zero attached hydrogens (tertiary/aromatic N) is 2. The summed E-state index contributed by atoms with van der Waals surface area (Å²) in [5.74, 6) is 0. The molecule has 162 valence electrons. The van der Waals surface area contributed by atoms with E-state index in [0.29, 0.717) is 0 Å². The highest BCUT2D eigenvalue weighted by Crippen LogP contribution is 2.33. The van der Waals surface area contributed by atoms with Crippen molar-refractivity contribution >= 4 is 54.4 Å². The number of hydrogen-bond donors (Lipinski definition) is 2. The second kappa shape index (κ2) is 8.68. The van der Waals surface area contributed by atoms with Crippen molar-refractivity contribution in [1.29, 1.82) is 0 Å². The molecule has 4 heteroatoms. The van der Waals surface area contributed by atoms with Crippen molar-refractivity contribution in [3.8, 4) is 0 Å². The quantitative estimate of drug-likeness (QED) is 0.238. The van der Waals surface area contributed by atoms with Crippen LogP contribution >= 0.6 is 0 Å². The van der Waals surface area contributed by atoms with E-state index in [4.69, 9.17) is 0 Å². The summed E-state index contributed by atoms with van der Waals surface area (Å²) in [6.07, 6.45) is 3.40. The molecule has 2 N–H and O–H groups in total. The topological polar surface area (TPSA) is 57.4 Å². The van der Waals surface area contributed by atoms with Gasteiger partial charge in [-0.2, -0.15) is 0 Å². The number of fused-ring (bicyclic) bond motifs is 2. The van der Waals surface area contributed by atoms with Crippen LogP contribution in [0.15, 0.2) is 122 Å². The van der Waals surface area contributed by atoms with Crippen LogP contribution in [0.1, 0.15) is 0 Å². The third kappa shape index (κ3) is 3.71. The van der Waals surface area contributed by atoms with Gasteiger partial charge < -0.3 is 9.97 Å². The van der Waals surface area contributed by atoms with Crippen LogP contribution in [0.2, 0.25) is 0 Å². The number of benzene rings is 6. The molecule has 0 bridgehead atoms. The number of H-pyrrole nitrogens is 2. The highest BCUT2D eigenvalue weighted by molar-refractivity contribution is 6.22. The van der Waals surface area contributed by atoms with E-state index >= 15 is 0 Å². The van der Waals surface area contributed by atoms with Gasteiger partial charge in [0.2, 0.25) is 0 Å². The van der Waals surface area contributed by atoms with Gasteiger partial charge in [-0.25, -0.2) is 9.97 Å². The largest absolute Gasteiger partial charge is 0.345 e. The molecule has 0 unspecified atom stereocenters. The Labute approximate surface area is 196 Å². The van der Waals surface area contributed by atoms with Crippen LogP contribution in [0.3, 0.4) is 0 Å². The molecular weight excluding hydrogens is 416 g/mol. The van der Waals surface area contributed by atoms with Gasteiger partial charge in [-0.15, -0.1) is 0 Å². The molecule has 8 aromatic rings. The maximum Gasteiger partial charge on any atom is 0.0931 e. The second-order valence-electron chi connectivity index (χ2n) is 8.13. The van der Waals surface area contributed by atoms with E-state index < -0.39 is 0 Å². The predicted octanol–water partition coefficient (Wildman–Crippen LogP) is 7.71. The van der Waals surface area contributed by atoms with E-state index in [1.165, 1.54) is 32.3 Å². The molecule has 8 rings (SSSR count). The normalized spacial score (nSPS) is 10.9. The van der Waals surface area contributed by atoms with Crippen LogP contribution in [0.4, 0.5) is 0 Å². The lowest BCUT2D eigenvalue weighted by molar-refractivity contribution is 1.34. The predicted molar refractivity (Wildman–Crippen MR) is 142 cm³/mol. The van der Waals surface area contributed by atoms with E-state index in [-0.39, 0.29) is 0 Å². The van der Waals surface area contributed by atoms with Crippen LogP contribution in [0.25, 0.3) is 54.4 Å². The van der Waals surface area contributed by atoms with Crippen molar-refractivity contribution in [1.82, 2.24) is 19.9 Å². The van der Waals surface area contributed by atoms with E-state index in [9.17, 15) is 0 Å². The summed E-state index contributed by atoms with van der Waals surface area (Å²) >= 11 is 0. The molecule has 2 aromatic heterocycles. The summed E-state index contributed by atoms with van der Waals surface area (Å²) in [5.41, 5.74) is 4.24. The molecule has 0 aliphatic rings. The van der Waals surface area contributed by atoms with Crippen molar-refractivity contribution in [2.24, 2.45) is 0 Å². The highest BCUT2D eigenvalue weighted by atomic mass is 14.9. The Kier molecular flexibility index (Phi) is 5.09. The number of imidazole rings is 2. The Balaban J connectivity index is 0.000000103. The monoisotopic (exact) mass is 438 g/mol. The van der Waals surface area contributed by atoms with Crippen molar-refractivity contribution in [3.05, 3.63) is 122 Å². The maximum atomic E-state index is 4.06. The van der Waals surface area contributed by atoms with Gasteiger partial charge in [0.05, 0.1) is 34.7 Å². The van der Waals surface area contributed by atoms with Crippen LogP contribution < -0.4 is 0 Å². The number of aromatic nitrogens is 4. The SMILES string of the molecule is c1cc2ccc3cccc4ccc(c1)c2c34.c1ccc2[nH]cnc2c1.c1ccc2[nH]cnc2c1. The number of nitrogens with one attached hydrogen (secondary N) is 2. The Morgan fingerprint density at radius 1 is 0.382 bits per heavy atom. The van der Waals surface area contributed by atoms with Gasteiger partial charge in [-0.1, -0.05) is 84.9 Å². The highest BCUT2D eigenvalue weighted by Gasteiger charge is 2.06.